The highest BCUT2D eigenvalue weighted by molar-refractivity contribution is 9.10. The minimum atomic E-state index is -0.953. The number of pyridine rings is 1. The summed E-state index contributed by atoms with van der Waals surface area (Å²) in [7, 11) is 0. The second-order valence-electron chi connectivity index (χ2n) is 3.86. The van der Waals surface area contributed by atoms with Gasteiger partial charge in [-0.1, -0.05) is 13.0 Å². The predicted octanol–water partition coefficient (Wildman–Crippen LogP) is 3.90. The molecule has 5 heteroatoms. The van der Waals surface area contributed by atoms with Crippen LogP contribution in [0.25, 0.3) is 0 Å². The number of carboxylic acid groups (broad SMARTS) is 1. The van der Waals surface area contributed by atoms with Crippen LogP contribution in [-0.4, -0.2) is 16.1 Å². The zero-order chi connectivity index (χ0) is 13.8. The Hall–Kier alpha value is -1.88. The van der Waals surface area contributed by atoms with Crippen LogP contribution in [0, 0.1) is 0 Å². The normalized spacial score (nSPS) is 10.2. The van der Waals surface area contributed by atoms with Crippen LogP contribution < -0.4 is 4.74 Å². The highest BCUT2D eigenvalue weighted by Gasteiger charge is 2.14. The van der Waals surface area contributed by atoms with Crippen molar-refractivity contribution in [2.24, 2.45) is 0 Å². The molecule has 98 valence electrons. The van der Waals surface area contributed by atoms with Crippen LogP contribution in [0.3, 0.4) is 0 Å². The fraction of sp³-hybridized carbons (Fsp3) is 0.143. The van der Waals surface area contributed by atoms with E-state index in [1.807, 2.05) is 13.0 Å². The smallest absolute Gasteiger partial charge is 0.336 e. The van der Waals surface area contributed by atoms with E-state index in [9.17, 15) is 4.79 Å². The van der Waals surface area contributed by atoms with Crippen LogP contribution in [0.5, 0.6) is 11.6 Å². The van der Waals surface area contributed by atoms with Crippen molar-refractivity contribution in [1.82, 2.24) is 4.98 Å². The van der Waals surface area contributed by atoms with Gasteiger partial charge in [0.15, 0.2) is 0 Å². The molecule has 1 heterocycles. The van der Waals surface area contributed by atoms with Gasteiger partial charge in [0.2, 0.25) is 5.88 Å². The van der Waals surface area contributed by atoms with Gasteiger partial charge in [0, 0.05) is 22.3 Å². The molecule has 0 saturated carbocycles. The van der Waals surface area contributed by atoms with Crippen molar-refractivity contribution >= 4 is 21.9 Å². The first-order valence-corrected chi connectivity index (χ1v) is 6.55. The number of nitrogens with zero attached hydrogens (tertiary/aromatic N) is 1. The molecule has 0 atom stereocenters. The van der Waals surface area contributed by atoms with Crippen LogP contribution in [-0.2, 0) is 6.42 Å². The monoisotopic (exact) mass is 321 g/mol. The first kappa shape index (κ1) is 13.5. The third-order valence-electron chi connectivity index (χ3n) is 2.63. The van der Waals surface area contributed by atoms with Gasteiger partial charge >= 0.3 is 5.97 Å². The van der Waals surface area contributed by atoms with Gasteiger partial charge in [-0.3, -0.25) is 0 Å². The predicted molar refractivity (Wildman–Crippen MR) is 74.8 cm³/mol. The largest absolute Gasteiger partial charge is 0.478 e. The van der Waals surface area contributed by atoms with Crippen molar-refractivity contribution in [1.29, 1.82) is 0 Å². The Labute approximate surface area is 119 Å². The summed E-state index contributed by atoms with van der Waals surface area (Å²) in [5, 5.41) is 9.15. The van der Waals surface area contributed by atoms with E-state index >= 15 is 0 Å². The number of rotatable bonds is 4. The molecule has 1 N–H and O–H groups in total. The Morgan fingerprint density at radius 1 is 1.37 bits per heavy atom. The van der Waals surface area contributed by atoms with Gasteiger partial charge in [-0.2, -0.15) is 0 Å². The van der Waals surface area contributed by atoms with Crippen LogP contribution in [0.4, 0.5) is 0 Å². The zero-order valence-corrected chi connectivity index (χ0v) is 11.8. The summed E-state index contributed by atoms with van der Waals surface area (Å²) in [5.74, 6) is 0.00345. The molecule has 1 aromatic heterocycles. The number of benzene rings is 1. The number of carbonyl (C=O) groups is 1. The van der Waals surface area contributed by atoms with Crippen LogP contribution in [0.2, 0.25) is 0 Å². The van der Waals surface area contributed by atoms with Gasteiger partial charge < -0.3 is 9.84 Å². The lowest BCUT2D eigenvalue weighted by atomic mass is 10.0. The summed E-state index contributed by atoms with van der Waals surface area (Å²) in [6.45, 7) is 1.89. The molecule has 2 rings (SSSR count). The van der Waals surface area contributed by atoms with Crippen LogP contribution in [0.15, 0.2) is 41.0 Å². The molecule has 0 saturated heterocycles. The molecule has 0 amide bonds. The minimum absolute atomic E-state index is 0.261. The molecule has 0 unspecified atom stereocenters. The van der Waals surface area contributed by atoms with E-state index in [0.717, 1.165) is 4.47 Å². The third kappa shape index (κ3) is 3.12. The molecular weight excluding hydrogens is 310 g/mol. The summed E-state index contributed by atoms with van der Waals surface area (Å²) in [6, 6.07) is 8.51. The fourth-order valence-electron chi connectivity index (χ4n) is 1.76. The Balaban J connectivity index is 2.37. The molecular formula is C14H12BrNO3. The van der Waals surface area contributed by atoms with Crippen molar-refractivity contribution in [3.8, 4) is 11.6 Å². The van der Waals surface area contributed by atoms with Crippen LogP contribution >= 0.6 is 15.9 Å². The first-order valence-electron chi connectivity index (χ1n) is 5.76. The van der Waals surface area contributed by atoms with E-state index in [1.54, 1.807) is 30.5 Å². The topological polar surface area (TPSA) is 59.4 Å². The maximum Gasteiger partial charge on any atom is 0.336 e. The summed E-state index contributed by atoms with van der Waals surface area (Å²) in [5.41, 5.74) is 0.928. The van der Waals surface area contributed by atoms with Gasteiger partial charge in [0.05, 0.1) is 5.56 Å². The Bertz CT molecular complexity index is 596. The average Bonchev–Trinajstić information content (AvgIpc) is 2.41. The van der Waals surface area contributed by atoms with Gasteiger partial charge in [-0.25, -0.2) is 9.78 Å². The molecule has 0 spiro atoms. The minimum Gasteiger partial charge on any atom is -0.478 e. The van der Waals surface area contributed by atoms with Crippen molar-refractivity contribution in [2.45, 2.75) is 13.3 Å². The number of carboxylic acids is 1. The summed E-state index contributed by atoms with van der Waals surface area (Å²) in [4.78, 5) is 15.3. The standard InChI is InChI=1S/C14H12BrNO3/c1-2-10-11(14(17)18)4-3-5-12(10)19-13-7-6-9(15)8-16-13/h3-8H,2H2,1H3,(H,17,18). The molecule has 0 aliphatic carbocycles. The summed E-state index contributed by atoms with van der Waals surface area (Å²) in [6.07, 6.45) is 2.20. The second kappa shape index (κ2) is 5.84. The Morgan fingerprint density at radius 2 is 2.16 bits per heavy atom. The summed E-state index contributed by atoms with van der Waals surface area (Å²) < 4.78 is 6.51. The maximum absolute atomic E-state index is 11.2. The van der Waals surface area contributed by atoms with Gasteiger partial charge in [-0.15, -0.1) is 0 Å². The molecule has 19 heavy (non-hydrogen) atoms. The Morgan fingerprint density at radius 3 is 2.74 bits per heavy atom. The second-order valence-corrected chi connectivity index (χ2v) is 4.77. The molecule has 4 nitrogen and oxygen atoms in total. The number of hydrogen-bond acceptors (Lipinski definition) is 3. The molecule has 0 radical (unpaired) electrons. The van der Waals surface area contributed by atoms with Crippen molar-refractivity contribution in [3.63, 3.8) is 0 Å². The van der Waals surface area contributed by atoms with E-state index in [0.29, 0.717) is 23.6 Å². The van der Waals surface area contributed by atoms with Crippen molar-refractivity contribution in [2.75, 3.05) is 0 Å². The number of ether oxygens (including phenoxy) is 1. The van der Waals surface area contributed by atoms with E-state index in [2.05, 4.69) is 20.9 Å². The lowest BCUT2D eigenvalue weighted by Crippen LogP contribution is -2.03. The first-order chi connectivity index (χ1) is 9.11. The zero-order valence-electron chi connectivity index (χ0n) is 10.3. The van der Waals surface area contributed by atoms with Gasteiger partial charge in [0.1, 0.15) is 5.75 Å². The third-order valence-corrected chi connectivity index (χ3v) is 3.10. The maximum atomic E-state index is 11.2. The lowest BCUT2D eigenvalue weighted by Gasteiger charge is -2.11. The molecule has 0 bridgehead atoms. The van der Waals surface area contributed by atoms with Gasteiger partial charge in [-0.05, 0) is 40.5 Å². The fourth-order valence-corrected chi connectivity index (χ4v) is 2.00. The number of halogens is 1. The summed E-state index contributed by atoms with van der Waals surface area (Å²) >= 11 is 3.29. The van der Waals surface area contributed by atoms with Crippen molar-refractivity contribution < 1.29 is 14.6 Å². The van der Waals surface area contributed by atoms with E-state index < -0.39 is 5.97 Å². The molecule has 1 aromatic carbocycles. The molecule has 0 aliphatic heterocycles. The quantitative estimate of drug-likeness (QED) is 0.927. The van der Waals surface area contributed by atoms with E-state index in [-0.39, 0.29) is 5.56 Å². The molecule has 0 fully saturated rings. The average molecular weight is 322 g/mol. The van der Waals surface area contributed by atoms with E-state index in [1.165, 1.54) is 0 Å². The Kier molecular flexibility index (Phi) is 4.16. The molecule has 2 aromatic rings. The SMILES string of the molecule is CCc1c(Oc2ccc(Br)cn2)cccc1C(=O)O. The number of aromatic carboxylic acids is 1. The number of aromatic nitrogens is 1. The van der Waals surface area contributed by atoms with Gasteiger partial charge in [0.25, 0.3) is 0 Å². The number of hydrogen-bond donors (Lipinski definition) is 1. The highest BCUT2D eigenvalue weighted by atomic mass is 79.9. The van der Waals surface area contributed by atoms with Crippen LogP contribution in [0.1, 0.15) is 22.8 Å². The highest BCUT2D eigenvalue weighted by Crippen LogP contribution is 2.27. The van der Waals surface area contributed by atoms with E-state index in [4.69, 9.17) is 9.84 Å². The molecule has 0 aliphatic rings. The lowest BCUT2D eigenvalue weighted by molar-refractivity contribution is 0.0695. The van der Waals surface area contributed by atoms with Crippen molar-refractivity contribution in [3.05, 3.63) is 52.1 Å².